The Morgan fingerprint density at radius 2 is 2.04 bits per heavy atom. The smallest absolute Gasteiger partial charge is 0.277 e. The molecule has 27 heavy (non-hydrogen) atoms. The van der Waals surface area contributed by atoms with E-state index in [9.17, 15) is 9.59 Å². The Bertz CT molecular complexity index is 1100. The van der Waals surface area contributed by atoms with Gasteiger partial charge in [-0.1, -0.05) is 13.0 Å². The van der Waals surface area contributed by atoms with Crippen molar-refractivity contribution >= 4 is 23.1 Å². The summed E-state index contributed by atoms with van der Waals surface area (Å²) in [6.45, 7) is 9.07. The lowest BCUT2D eigenvalue weighted by molar-refractivity contribution is 0.0876. The fraction of sp³-hybridized carbons (Fsp3) is 0.400. The fourth-order valence-electron chi connectivity index (χ4n) is 4.80. The summed E-state index contributed by atoms with van der Waals surface area (Å²) in [6.07, 6.45) is 6.89. The standard InChI is InChI=1S/C20H19N5O2/c1-11-13-8-12-10-22-15(21-2)9-14(12)23-16(13)19(27)25-17(11)18(26)24-20(25)6-4-3-5-7-20/h9-10,23H,3-8H2,1H3,(H,24,26). The van der Waals surface area contributed by atoms with Gasteiger partial charge in [0.2, 0.25) is 0 Å². The Balaban J connectivity index is 1.73. The molecular formula is C20H19N5O2. The van der Waals surface area contributed by atoms with Crippen molar-refractivity contribution in [1.82, 2.24) is 14.9 Å². The first-order chi connectivity index (χ1) is 13.0. The molecule has 7 heteroatoms. The van der Waals surface area contributed by atoms with Crippen LogP contribution in [0.1, 0.15) is 59.3 Å². The van der Waals surface area contributed by atoms with Crippen LogP contribution in [-0.4, -0.2) is 15.5 Å². The van der Waals surface area contributed by atoms with Gasteiger partial charge in [-0.3, -0.25) is 14.2 Å². The molecule has 0 bridgehead atoms. The highest BCUT2D eigenvalue weighted by atomic mass is 16.2. The van der Waals surface area contributed by atoms with Gasteiger partial charge in [0.25, 0.3) is 17.3 Å². The lowest BCUT2D eigenvalue weighted by atomic mass is 9.88. The van der Waals surface area contributed by atoms with E-state index in [1.54, 1.807) is 16.8 Å². The number of hydrogen-bond donors (Lipinski definition) is 2. The first kappa shape index (κ1) is 16.1. The fourth-order valence-corrected chi connectivity index (χ4v) is 4.80. The Kier molecular flexibility index (Phi) is 3.23. The van der Waals surface area contributed by atoms with E-state index in [4.69, 9.17) is 6.57 Å². The van der Waals surface area contributed by atoms with Crippen molar-refractivity contribution in [3.8, 4) is 0 Å². The first-order valence-electron chi connectivity index (χ1n) is 9.29. The summed E-state index contributed by atoms with van der Waals surface area (Å²) in [7, 11) is 0. The molecule has 0 aromatic carbocycles. The van der Waals surface area contributed by atoms with Crippen LogP contribution >= 0.6 is 0 Å². The van der Waals surface area contributed by atoms with Crippen LogP contribution in [0.4, 0.5) is 17.2 Å². The third-order valence-electron chi connectivity index (χ3n) is 6.13. The lowest BCUT2D eigenvalue weighted by Crippen LogP contribution is -2.49. The zero-order valence-corrected chi connectivity index (χ0v) is 15.1. The molecule has 0 saturated heterocycles. The number of carbonyl (C=O) groups excluding carboxylic acids is 1. The minimum atomic E-state index is -0.594. The van der Waals surface area contributed by atoms with E-state index in [-0.39, 0.29) is 11.5 Å². The summed E-state index contributed by atoms with van der Waals surface area (Å²) in [5.41, 5.74) is 3.63. The molecule has 2 aromatic heterocycles. The molecule has 1 saturated carbocycles. The van der Waals surface area contributed by atoms with Gasteiger partial charge in [0.15, 0.2) is 0 Å². The molecule has 1 amide bonds. The topological polar surface area (TPSA) is 80.4 Å². The van der Waals surface area contributed by atoms with Gasteiger partial charge in [0.05, 0.1) is 0 Å². The van der Waals surface area contributed by atoms with E-state index in [1.165, 1.54) is 0 Å². The van der Waals surface area contributed by atoms with Gasteiger partial charge in [-0.2, -0.15) is 0 Å². The van der Waals surface area contributed by atoms with Crippen LogP contribution in [0.15, 0.2) is 17.1 Å². The average Bonchev–Trinajstić information content (AvgIpc) is 2.96. The maximum absolute atomic E-state index is 13.5. The van der Waals surface area contributed by atoms with Gasteiger partial charge < -0.3 is 15.5 Å². The number of pyridine rings is 2. The highest BCUT2D eigenvalue weighted by molar-refractivity contribution is 5.98. The van der Waals surface area contributed by atoms with Crippen molar-refractivity contribution in [1.29, 1.82) is 0 Å². The Morgan fingerprint density at radius 1 is 1.26 bits per heavy atom. The van der Waals surface area contributed by atoms with Crippen LogP contribution in [0.2, 0.25) is 0 Å². The zero-order chi connectivity index (χ0) is 18.8. The maximum atomic E-state index is 13.5. The highest BCUT2D eigenvalue weighted by Gasteiger charge is 2.46. The van der Waals surface area contributed by atoms with Crippen molar-refractivity contribution < 1.29 is 4.79 Å². The third kappa shape index (κ3) is 2.10. The molecule has 0 unspecified atom stereocenters. The number of anilines is 2. The Labute approximate surface area is 156 Å². The van der Waals surface area contributed by atoms with Crippen molar-refractivity contribution in [3.05, 3.63) is 56.4 Å². The second kappa shape index (κ2) is 5.43. The van der Waals surface area contributed by atoms with Crippen molar-refractivity contribution in [2.24, 2.45) is 0 Å². The van der Waals surface area contributed by atoms with Gasteiger partial charge in [-0.25, -0.2) is 0 Å². The third-order valence-corrected chi connectivity index (χ3v) is 6.13. The molecule has 7 nitrogen and oxygen atoms in total. The monoisotopic (exact) mass is 361 g/mol. The van der Waals surface area contributed by atoms with E-state index in [1.807, 2.05) is 6.92 Å². The summed E-state index contributed by atoms with van der Waals surface area (Å²) in [4.78, 5) is 33.8. The van der Waals surface area contributed by atoms with E-state index in [0.29, 0.717) is 23.6 Å². The minimum Gasteiger partial charge on any atom is -0.361 e. The number of fused-ring (bicyclic) bond motifs is 4. The van der Waals surface area contributed by atoms with E-state index in [2.05, 4.69) is 20.5 Å². The minimum absolute atomic E-state index is 0.151. The maximum Gasteiger partial charge on any atom is 0.277 e. The predicted octanol–water partition coefficient (Wildman–Crippen LogP) is 3.11. The number of hydrogen-bond acceptors (Lipinski definition) is 4. The van der Waals surface area contributed by atoms with E-state index < -0.39 is 5.66 Å². The molecule has 4 heterocycles. The number of carbonyl (C=O) groups is 1. The van der Waals surface area contributed by atoms with Gasteiger partial charge in [-0.05, 0) is 49.8 Å². The van der Waals surface area contributed by atoms with Gasteiger partial charge in [0, 0.05) is 17.7 Å². The summed E-state index contributed by atoms with van der Waals surface area (Å²) in [5.74, 6) is 0.143. The zero-order valence-electron chi connectivity index (χ0n) is 15.1. The second-order valence-corrected chi connectivity index (χ2v) is 7.63. The van der Waals surface area contributed by atoms with Crippen LogP contribution in [0, 0.1) is 13.5 Å². The van der Waals surface area contributed by atoms with Gasteiger partial charge >= 0.3 is 0 Å². The summed E-state index contributed by atoms with van der Waals surface area (Å²) in [5, 5.41) is 6.36. The number of aromatic nitrogens is 2. The SMILES string of the molecule is [C-]#[N+]c1cc2c(cn1)Cc1c(C)c3n(c(=O)c1N2)C1(CCCCC1)NC3=O. The summed E-state index contributed by atoms with van der Waals surface area (Å²) in [6, 6.07) is 1.68. The molecule has 1 spiro atoms. The van der Waals surface area contributed by atoms with E-state index >= 15 is 0 Å². The molecule has 2 aliphatic heterocycles. The molecule has 1 fully saturated rings. The molecule has 2 N–H and O–H groups in total. The number of amides is 1. The van der Waals surface area contributed by atoms with Crippen molar-refractivity contribution in [2.45, 2.75) is 51.1 Å². The molecule has 136 valence electrons. The molecule has 3 aliphatic rings. The van der Waals surface area contributed by atoms with Gasteiger partial charge in [-0.15, -0.1) is 4.98 Å². The van der Waals surface area contributed by atoms with Crippen LogP contribution in [0.25, 0.3) is 4.85 Å². The molecule has 0 radical (unpaired) electrons. The number of rotatable bonds is 0. The number of nitrogens with zero attached hydrogens (tertiary/aromatic N) is 3. The number of nitrogens with one attached hydrogen (secondary N) is 2. The molecule has 2 aromatic rings. The first-order valence-corrected chi connectivity index (χ1v) is 9.29. The summed E-state index contributed by atoms with van der Waals surface area (Å²) >= 11 is 0. The average molecular weight is 361 g/mol. The Morgan fingerprint density at radius 3 is 2.78 bits per heavy atom. The van der Waals surface area contributed by atoms with Crippen LogP contribution in [0.5, 0.6) is 0 Å². The predicted molar refractivity (Wildman–Crippen MR) is 101 cm³/mol. The van der Waals surface area contributed by atoms with Crippen LogP contribution in [0.3, 0.4) is 0 Å². The van der Waals surface area contributed by atoms with E-state index in [0.717, 1.165) is 54.5 Å². The van der Waals surface area contributed by atoms with Crippen LogP contribution in [-0.2, 0) is 12.1 Å². The van der Waals surface area contributed by atoms with Crippen molar-refractivity contribution in [2.75, 3.05) is 5.32 Å². The quantitative estimate of drug-likeness (QED) is 0.603. The molecule has 5 rings (SSSR count). The molecule has 0 atom stereocenters. The Hall–Kier alpha value is -3.14. The summed E-state index contributed by atoms with van der Waals surface area (Å²) < 4.78 is 1.71. The van der Waals surface area contributed by atoms with Crippen molar-refractivity contribution in [3.63, 3.8) is 0 Å². The highest BCUT2D eigenvalue weighted by Crippen LogP contribution is 2.41. The lowest BCUT2D eigenvalue weighted by Gasteiger charge is -2.36. The van der Waals surface area contributed by atoms with Gasteiger partial charge in [0.1, 0.15) is 23.2 Å². The molecule has 1 aliphatic carbocycles. The van der Waals surface area contributed by atoms with Crippen LogP contribution < -0.4 is 16.2 Å². The second-order valence-electron chi connectivity index (χ2n) is 7.63. The largest absolute Gasteiger partial charge is 0.361 e. The normalized spacial score (nSPS) is 18.7. The molecular weight excluding hydrogens is 342 g/mol.